The fourth-order valence-corrected chi connectivity index (χ4v) is 5.77. The third-order valence-corrected chi connectivity index (χ3v) is 7.72. The molecule has 0 radical (unpaired) electrons. The van der Waals surface area contributed by atoms with Gasteiger partial charge in [0.15, 0.2) is 0 Å². The van der Waals surface area contributed by atoms with Crippen LogP contribution in [0.4, 0.5) is 10.5 Å². The highest BCUT2D eigenvalue weighted by Gasteiger charge is 2.43. The monoisotopic (exact) mass is 552 g/mol. The van der Waals surface area contributed by atoms with Gasteiger partial charge < -0.3 is 15.4 Å². The van der Waals surface area contributed by atoms with E-state index in [0.717, 1.165) is 16.7 Å². The van der Waals surface area contributed by atoms with E-state index in [-0.39, 0.29) is 18.4 Å². The Morgan fingerprint density at radius 1 is 0.875 bits per heavy atom. The summed E-state index contributed by atoms with van der Waals surface area (Å²) in [6.45, 7) is 0.490. The molecular weight excluding hydrogens is 524 g/mol. The van der Waals surface area contributed by atoms with Gasteiger partial charge >= 0.3 is 6.09 Å². The van der Waals surface area contributed by atoms with Crippen LogP contribution in [0.15, 0.2) is 109 Å². The Labute approximate surface area is 236 Å². The molecule has 1 aliphatic heterocycles. The van der Waals surface area contributed by atoms with Crippen molar-refractivity contribution >= 4 is 35.4 Å². The number of amides is 3. The molecule has 40 heavy (non-hydrogen) atoms. The van der Waals surface area contributed by atoms with Crippen molar-refractivity contribution in [2.75, 3.05) is 11.1 Å². The maximum atomic E-state index is 13.5. The Kier molecular flexibility index (Phi) is 8.73. The lowest BCUT2D eigenvalue weighted by Crippen LogP contribution is -2.45. The minimum atomic E-state index is -0.776. The van der Waals surface area contributed by atoms with Gasteiger partial charge in [-0.1, -0.05) is 66.7 Å². The summed E-state index contributed by atoms with van der Waals surface area (Å²) in [6, 6.07) is 28.6. The number of thioether (sulfide) groups is 1. The summed E-state index contributed by atoms with van der Waals surface area (Å²) in [5.41, 5.74) is 3.58. The van der Waals surface area contributed by atoms with Crippen LogP contribution < -0.4 is 10.6 Å². The van der Waals surface area contributed by atoms with Crippen LogP contribution in [-0.2, 0) is 22.7 Å². The highest BCUT2D eigenvalue weighted by molar-refractivity contribution is 7.99. The number of aromatic nitrogens is 1. The molecule has 0 bridgehead atoms. The molecule has 3 amide bonds. The second-order valence-electron chi connectivity index (χ2n) is 9.17. The first-order valence-electron chi connectivity index (χ1n) is 12.8. The van der Waals surface area contributed by atoms with Gasteiger partial charge in [0.2, 0.25) is 5.91 Å². The van der Waals surface area contributed by atoms with Gasteiger partial charge in [-0.15, -0.1) is 11.8 Å². The number of nitrogens with one attached hydrogen (secondary N) is 2. The van der Waals surface area contributed by atoms with Crippen molar-refractivity contribution in [1.29, 1.82) is 0 Å². The molecule has 0 aliphatic carbocycles. The SMILES string of the molecule is O=C(NCc1ccccc1)c1cccc(NC(=O)[C@@H]2CSC(c3ccncc3)N2C(=O)OCc2ccccc2)c1. The first kappa shape index (κ1) is 27.0. The third-order valence-electron chi connectivity index (χ3n) is 6.40. The van der Waals surface area contributed by atoms with E-state index < -0.39 is 17.5 Å². The highest BCUT2D eigenvalue weighted by atomic mass is 32.2. The molecule has 2 N–H and O–H groups in total. The van der Waals surface area contributed by atoms with Gasteiger partial charge in [-0.25, -0.2) is 4.79 Å². The van der Waals surface area contributed by atoms with Gasteiger partial charge in [-0.3, -0.25) is 19.5 Å². The Bertz CT molecular complexity index is 1450. The van der Waals surface area contributed by atoms with Crippen molar-refractivity contribution in [3.8, 4) is 0 Å². The number of anilines is 1. The number of carbonyl (C=O) groups excluding carboxylic acids is 3. The van der Waals surface area contributed by atoms with E-state index in [0.29, 0.717) is 23.5 Å². The molecule has 5 rings (SSSR count). The van der Waals surface area contributed by atoms with Crippen LogP contribution in [0.3, 0.4) is 0 Å². The lowest BCUT2D eigenvalue weighted by atomic mass is 10.1. The second kappa shape index (κ2) is 12.9. The predicted octanol–water partition coefficient (Wildman–Crippen LogP) is 5.40. The summed E-state index contributed by atoms with van der Waals surface area (Å²) in [4.78, 5) is 45.1. The number of nitrogens with zero attached hydrogens (tertiary/aromatic N) is 2. The summed E-state index contributed by atoms with van der Waals surface area (Å²) in [6.07, 6.45) is 2.74. The van der Waals surface area contributed by atoms with Crippen LogP contribution in [-0.4, -0.2) is 39.6 Å². The second-order valence-corrected chi connectivity index (χ2v) is 10.3. The smallest absolute Gasteiger partial charge is 0.412 e. The fourth-order valence-electron chi connectivity index (χ4n) is 4.35. The van der Waals surface area contributed by atoms with Crippen LogP contribution in [0.5, 0.6) is 0 Å². The molecule has 3 aromatic carbocycles. The van der Waals surface area contributed by atoms with E-state index in [1.807, 2.05) is 72.8 Å². The molecule has 1 aliphatic rings. The number of hydrogen-bond acceptors (Lipinski definition) is 6. The standard InChI is InChI=1S/C31H28N4O4S/c36-28(33-19-22-8-3-1-4-9-22)25-12-7-13-26(18-25)34-29(37)27-21-40-30(24-14-16-32-17-15-24)35(27)31(38)39-20-23-10-5-2-6-11-23/h1-18,27,30H,19-21H2,(H,33,36)(H,34,37)/t27-,30?/m0/s1. The number of pyridine rings is 1. The van der Waals surface area contributed by atoms with E-state index in [2.05, 4.69) is 15.6 Å². The predicted molar refractivity (Wildman–Crippen MR) is 154 cm³/mol. The molecule has 1 aromatic heterocycles. The molecule has 9 heteroatoms. The van der Waals surface area contributed by atoms with Crippen LogP contribution >= 0.6 is 11.8 Å². The largest absolute Gasteiger partial charge is 0.444 e. The van der Waals surface area contributed by atoms with E-state index in [1.165, 1.54) is 16.7 Å². The van der Waals surface area contributed by atoms with Gasteiger partial charge in [-0.05, 0) is 47.0 Å². The zero-order valence-corrected chi connectivity index (χ0v) is 22.4. The highest BCUT2D eigenvalue weighted by Crippen LogP contribution is 2.42. The molecule has 2 heterocycles. The van der Waals surface area contributed by atoms with Crippen molar-refractivity contribution in [2.24, 2.45) is 0 Å². The minimum absolute atomic E-state index is 0.0956. The normalized spacial score (nSPS) is 16.2. The first-order valence-corrected chi connectivity index (χ1v) is 13.9. The summed E-state index contributed by atoms with van der Waals surface area (Å²) >= 11 is 1.49. The maximum Gasteiger partial charge on any atom is 0.412 e. The molecule has 202 valence electrons. The Balaban J connectivity index is 1.28. The molecule has 4 aromatic rings. The Morgan fingerprint density at radius 2 is 1.57 bits per heavy atom. The summed E-state index contributed by atoms with van der Waals surface area (Å²) in [5.74, 6) is -0.223. The fraction of sp³-hybridized carbons (Fsp3) is 0.161. The minimum Gasteiger partial charge on any atom is -0.444 e. The Hall–Kier alpha value is -4.63. The number of benzene rings is 3. The lowest BCUT2D eigenvalue weighted by Gasteiger charge is -2.28. The van der Waals surface area contributed by atoms with Gasteiger partial charge in [0, 0.05) is 35.9 Å². The average Bonchev–Trinajstić information content (AvgIpc) is 3.46. The van der Waals surface area contributed by atoms with Crippen molar-refractivity contribution in [2.45, 2.75) is 24.6 Å². The van der Waals surface area contributed by atoms with Gasteiger partial charge in [0.25, 0.3) is 5.91 Å². The summed E-state index contributed by atoms with van der Waals surface area (Å²) in [7, 11) is 0. The molecule has 1 saturated heterocycles. The Morgan fingerprint density at radius 3 is 2.30 bits per heavy atom. The topological polar surface area (TPSA) is 101 Å². The molecule has 2 atom stereocenters. The van der Waals surface area contributed by atoms with E-state index >= 15 is 0 Å². The number of carbonyl (C=O) groups is 3. The molecule has 1 fully saturated rings. The van der Waals surface area contributed by atoms with Gasteiger partial charge in [0.1, 0.15) is 18.0 Å². The van der Waals surface area contributed by atoms with Crippen LogP contribution in [0, 0.1) is 0 Å². The molecular formula is C31H28N4O4S. The summed E-state index contributed by atoms with van der Waals surface area (Å²) in [5, 5.41) is 5.38. The van der Waals surface area contributed by atoms with E-state index in [1.54, 1.807) is 36.7 Å². The third kappa shape index (κ3) is 6.68. The lowest BCUT2D eigenvalue weighted by molar-refractivity contribution is -0.120. The number of ether oxygens (including phenoxy) is 1. The molecule has 8 nitrogen and oxygen atoms in total. The first-order chi connectivity index (χ1) is 19.6. The van der Waals surface area contributed by atoms with Crippen molar-refractivity contribution < 1.29 is 19.1 Å². The van der Waals surface area contributed by atoms with E-state index in [9.17, 15) is 14.4 Å². The van der Waals surface area contributed by atoms with Gasteiger partial charge in [-0.2, -0.15) is 0 Å². The number of hydrogen-bond donors (Lipinski definition) is 2. The van der Waals surface area contributed by atoms with Crippen LogP contribution in [0.1, 0.15) is 32.4 Å². The van der Waals surface area contributed by atoms with E-state index in [4.69, 9.17) is 4.74 Å². The van der Waals surface area contributed by atoms with Crippen molar-refractivity contribution in [3.63, 3.8) is 0 Å². The quantitative estimate of drug-likeness (QED) is 0.304. The van der Waals surface area contributed by atoms with Crippen molar-refractivity contribution in [3.05, 3.63) is 132 Å². The molecule has 0 saturated carbocycles. The van der Waals surface area contributed by atoms with Gasteiger partial charge in [0.05, 0.1) is 0 Å². The maximum absolute atomic E-state index is 13.5. The zero-order valence-electron chi connectivity index (χ0n) is 21.6. The molecule has 0 spiro atoms. The average molecular weight is 553 g/mol. The zero-order chi connectivity index (χ0) is 27.7. The number of rotatable bonds is 8. The van der Waals surface area contributed by atoms with Crippen molar-refractivity contribution in [1.82, 2.24) is 15.2 Å². The molecule has 1 unspecified atom stereocenters. The summed E-state index contributed by atoms with van der Waals surface area (Å²) < 4.78 is 5.63. The van der Waals surface area contributed by atoms with Crippen LogP contribution in [0.2, 0.25) is 0 Å². The van der Waals surface area contributed by atoms with Crippen LogP contribution in [0.25, 0.3) is 0 Å².